The minimum atomic E-state index is -2.93. The maximum absolute atomic E-state index is 13.5. The van der Waals surface area contributed by atoms with Crippen LogP contribution in [0.1, 0.15) is 28.3 Å². The highest BCUT2D eigenvalue weighted by molar-refractivity contribution is 6.53. The summed E-state index contributed by atoms with van der Waals surface area (Å²) in [4.78, 5) is 26.6. The van der Waals surface area contributed by atoms with E-state index >= 15 is 0 Å². The number of carbonyl (C=O) groups excluding carboxylic acids is 2. The summed E-state index contributed by atoms with van der Waals surface area (Å²) in [5.74, 6) is -5.38. The van der Waals surface area contributed by atoms with Crippen LogP contribution in [0.25, 0.3) is 0 Å². The van der Waals surface area contributed by atoms with Gasteiger partial charge in [-0.2, -0.15) is 0 Å². The summed E-state index contributed by atoms with van der Waals surface area (Å²) in [6, 6.07) is 9.07. The van der Waals surface area contributed by atoms with Crippen LogP contribution in [0, 0.1) is 5.92 Å². The number of hydrogen-bond donors (Lipinski definition) is 1. The van der Waals surface area contributed by atoms with Gasteiger partial charge < -0.3 is 10.2 Å². The molecule has 0 spiro atoms. The molecule has 2 atom stereocenters. The van der Waals surface area contributed by atoms with E-state index < -0.39 is 46.9 Å². The average Bonchev–Trinajstić information content (AvgIpc) is 3.08. The molecule has 2 amide bonds. The monoisotopic (exact) mass is 540 g/mol. The Kier molecular flexibility index (Phi) is 6.31. The number of nitrogens with one attached hydrogen (secondary N) is 1. The van der Waals surface area contributed by atoms with Crippen molar-refractivity contribution >= 4 is 75.5 Å². The Bertz CT molecular complexity index is 1090. The van der Waals surface area contributed by atoms with E-state index in [1.54, 1.807) is 18.2 Å². The highest BCUT2D eigenvalue weighted by Gasteiger charge is 2.67. The van der Waals surface area contributed by atoms with Crippen LogP contribution in [-0.2, 0) is 4.79 Å². The first kappa shape index (κ1) is 23.8. The highest BCUT2D eigenvalue weighted by atomic mass is 35.5. The van der Waals surface area contributed by atoms with Gasteiger partial charge >= 0.3 is 0 Å². The zero-order valence-corrected chi connectivity index (χ0v) is 19.9. The van der Waals surface area contributed by atoms with Crippen molar-refractivity contribution in [3.8, 4) is 0 Å². The van der Waals surface area contributed by atoms with Crippen LogP contribution in [0.4, 0.5) is 14.5 Å². The van der Waals surface area contributed by atoms with Crippen molar-refractivity contribution < 1.29 is 18.4 Å². The lowest BCUT2D eigenvalue weighted by atomic mass is 10.1. The third-order valence-electron chi connectivity index (χ3n) is 5.50. The Morgan fingerprint density at radius 1 is 1.03 bits per heavy atom. The van der Waals surface area contributed by atoms with Crippen LogP contribution in [0.2, 0.25) is 15.1 Å². The maximum Gasteiger partial charge on any atom is 0.267 e. The molecule has 1 aliphatic heterocycles. The molecule has 1 heterocycles. The van der Waals surface area contributed by atoms with Gasteiger partial charge in [-0.3, -0.25) is 9.59 Å². The van der Waals surface area contributed by atoms with Crippen LogP contribution in [0.3, 0.4) is 0 Å². The van der Waals surface area contributed by atoms with Crippen LogP contribution in [-0.4, -0.2) is 40.1 Å². The van der Waals surface area contributed by atoms with E-state index in [9.17, 15) is 18.4 Å². The van der Waals surface area contributed by atoms with Gasteiger partial charge in [0.2, 0.25) is 5.91 Å². The summed E-state index contributed by atoms with van der Waals surface area (Å²) in [6.45, 7) is -0.753. The van der Waals surface area contributed by atoms with Crippen molar-refractivity contribution in [2.24, 2.45) is 5.92 Å². The van der Waals surface area contributed by atoms with E-state index in [-0.39, 0.29) is 22.8 Å². The Morgan fingerprint density at radius 2 is 1.69 bits per heavy atom. The molecule has 2 aromatic rings. The number of nitrogens with zero attached hydrogens (tertiary/aromatic N) is 1. The number of benzene rings is 2. The Labute approximate surface area is 207 Å². The van der Waals surface area contributed by atoms with Crippen molar-refractivity contribution in [3.05, 3.63) is 62.6 Å². The summed E-state index contributed by atoms with van der Waals surface area (Å²) in [5.41, 5.74) is 0.890. The molecule has 2 aliphatic rings. The van der Waals surface area contributed by atoms with Gasteiger partial charge in [0.1, 0.15) is 4.33 Å². The Balaban J connectivity index is 1.51. The van der Waals surface area contributed by atoms with E-state index in [1.165, 1.54) is 18.2 Å². The predicted octanol–water partition coefficient (Wildman–Crippen LogP) is 6.65. The van der Waals surface area contributed by atoms with Crippen molar-refractivity contribution in [3.63, 3.8) is 0 Å². The van der Waals surface area contributed by atoms with Gasteiger partial charge in [-0.05, 0) is 42.0 Å². The molecule has 11 heteroatoms. The van der Waals surface area contributed by atoms with Crippen molar-refractivity contribution in [2.45, 2.75) is 22.6 Å². The molecule has 4 rings (SSSR count). The number of anilines is 1. The molecule has 170 valence electrons. The third-order valence-corrected chi connectivity index (χ3v) is 7.21. The fourth-order valence-electron chi connectivity index (χ4n) is 3.89. The molecule has 2 fully saturated rings. The molecule has 1 aliphatic carbocycles. The van der Waals surface area contributed by atoms with Crippen LogP contribution >= 0.6 is 58.0 Å². The van der Waals surface area contributed by atoms with Crippen molar-refractivity contribution in [1.82, 2.24) is 4.90 Å². The van der Waals surface area contributed by atoms with Gasteiger partial charge in [0, 0.05) is 34.6 Å². The van der Waals surface area contributed by atoms with Crippen LogP contribution in [0.5, 0.6) is 0 Å². The summed E-state index contributed by atoms with van der Waals surface area (Å²) < 4.78 is 25.6. The van der Waals surface area contributed by atoms with E-state index in [1.807, 2.05) is 0 Å². The molecule has 4 nitrogen and oxygen atoms in total. The number of amides is 2. The molecule has 0 radical (unpaired) electrons. The zero-order chi connectivity index (χ0) is 23.4. The minimum absolute atomic E-state index is 0.0131. The lowest BCUT2D eigenvalue weighted by Crippen LogP contribution is -2.31. The molecule has 2 aromatic carbocycles. The number of likely N-dealkylation sites (tertiary alicyclic amines) is 1. The Morgan fingerprint density at radius 3 is 2.28 bits per heavy atom. The molecule has 1 saturated carbocycles. The molecule has 2 unspecified atom stereocenters. The van der Waals surface area contributed by atoms with Crippen molar-refractivity contribution in [1.29, 1.82) is 0 Å². The summed E-state index contributed by atoms with van der Waals surface area (Å²) in [7, 11) is 0. The van der Waals surface area contributed by atoms with Gasteiger partial charge in [-0.1, -0.05) is 34.8 Å². The van der Waals surface area contributed by atoms with E-state index in [0.717, 1.165) is 4.90 Å². The number of rotatable bonds is 4. The second kappa shape index (κ2) is 8.48. The van der Waals surface area contributed by atoms with Gasteiger partial charge in [0.05, 0.1) is 23.0 Å². The first-order chi connectivity index (χ1) is 14.9. The van der Waals surface area contributed by atoms with Gasteiger partial charge in [-0.15, -0.1) is 23.2 Å². The predicted molar refractivity (Wildman–Crippen MR) is 123 cm³/mol. The molecule has 0 bridgehead atoms. The van der Waals surface area contributed by atoms with Gasteiger partial charge in [0.25, 0.3) is 11.8 Å². The number of alkyl halides is 4. The van der Waals surface area contributed by atoms with Gasteiger partial charge in [0.15, 0.2) is 0 Å². The SMILES string of the molecule is O=C(Nc1ccc(Cl)c(C(=O)N2CCC(F)(F)C2)c1)C1C(c2cc(Cl)cc(Cl)c2)C1(Cl)Cl. The molecular weight excluding hydrogens is 528 g/mol. The largest absolute Gasteiger partial charge is 0.332 e. The molecule has 0 aromatic heterocycles. The fourth-order valence-corrected chi connectivity index (χ4v) is 5.46. The third kappa shape index (κ3) is 4.66. The average molecular weight is 543 g/mol. The number of halogens is 7. The van der Waals surface area contributed by atoms with Crippen molar-refractivity contribution in [2.75, 3.05) is 18.4 Å². The van der Waals surface area contributed by atoms with E-state index in [4.69, 9.17) is 58.0 Å². The van der Waals surface area contributed by atoms with E-state index in [2.05, 4.69) is 5.32 Å². The lowest BCUT2D eigenvalue weighted by Gasteiger charge is -2.17. The molecule has 1 N–H and O–H groups in total. The first-order valence-electron chi connectivity index (χ1n) is 9.50. The number of carbonyl (C=O) groups is 2. The second-order valence-corrected chi connectivity index (χ2v) is 10.6. The molecular formula is C21H15Cl5F2N2O2. The van der Waals surface area contributed by atoms with E-state index in [0.29, 0.717) is 15.6 Å². The quantitative estimate of drug-likeness (QED) is 0.440. The van der Waals surface area contributed by atoms with Crippen LogP contribution < -0.4 is 5.32 Å². The second-order valence-electron chi connectivity index (χ2n) is 7.85. The number of hydrogen-bond acceptors (Lipinski definition) is 2. The summed E-state index contributed by atoms with van der Waals surface area (Å²) in [5, 5.41) is 3.52. The summed E-state index contributed by atoms with van der Waals surface area (Å²) in [6.07, 6.45) is -0.406. The maximum atomic E-state index is 13.5. The first-order valence-corrected chi connectivity index (χ1v) is 11.4. The standard InChI is InChI=1S/C21H15Cl5F2N2O2/c22-11-5-10(6-12(23)7-11)16-17(21(16,25)26)18(31)29-13-1-2-15(24)14(8-13)19(32)30-4-3-20(27,28)9-30/h1-2,5-8,16-17H,3-4,9H2,(H,29,31). The minimum Gasteiger partial charge on any atom is -0.332 e. The van der Waals surface area contributed by atoms with Gasteiger partial charge in [-0.25, -0.2) is 8.78 Å². The topological polar surface area (TPSA) is 49.4 Å². The lowest BCUT2D eigenvalue weighted by molar-refractivity contribution is -0.117. The Hall–Kier alpha value is -1.31. The highest BCUT2D eigenvalue weighted by Crippen LogP contribution is 2.65. The molecule has 32 heavy (non-hydrogen) atoms. The normalized spacial score (nSPS) is 23.2. The smallest absolute Gasteiger partial charge is 0.267 e. The summed E-state index contributed by atoms with van der Waals surface area (Å²) >= 11 is 30.9. The van der Waals surface area contributed by atoms with Crippen LogP contribution in [0.15, 0.2) is 36.4 Å². The zero-order valence-electron chi connectivity index (χ0n) is 16.1. The molecule has 1 saturated heterocycles. The fraction of sp³-hybridized carbons (Fsp3) is 0.333.